The number of aromatic nitrogens is 3. The van der Waals surface area contributed by atoms with Crippen molar-refractivity contribution in [3.63, 3.8) is 0 Å². The summed E-state index contributed by atoms with van der Waals surface area (Å²) in [6.45, 7) is 0. The van der Waals surface area contributed by atoms with Crippen molar-refractivity contribution in [1.82, 2.24) is 15.4 Å². The molecule has 0 spiro atoms. The van der Waals surface area contributed by atoms with Crippen LogP contribution in [0, 0.1) is 11.8 Å². The molecule has 1 aromatic carbocycles. The van der Waals surface area contributed by atoms with Crippen molar-refractivity contribution >= 4 is 28.6 Å². The summed E-state index contributed by atoms with van der Waals surface area (Å²) in [7, 11) is 0. The van der Waals surface area contributed by atoms with Gasteiger partial charge >= 0.3 is 5.97 Å². The lowest BCUT2D eigenvalue weighted by Gasteiger charge is -2.31. The van der Waals surface area contributed by atoms with Gasteiger partial charge in [0.2, 0.25) is 5.91 Å². The van der Waals surface area contributed by atoms with E-state index < -0.39 is 17.8 Å². The third-order valence-corrected chi connectivity index (χ3v) is 3.51. The molecule has 2 atom stereocenters. The van der Waals surface area contributed by atoms with Crippen LogP contribution in [0.2, 0.25) is 0 Å². The molecule has 2 aromatic rings. The predicted molar refractivity (Wildman–Crippen MR) is 66.4 cm³/mol. The highest BCUT2D eigenvalue weighted by molar-refractivity contribution is 5.97. The lowest BCUT2D eigenvalue weighted by atomic mass is 9.73. The number of fused-ring (bicyclic) bond motifs is 1. The Morgan fingerprint density at radius 3 is 2.63 bits per heavy atom. The molecule has 0 aliphatic heterocycles. The summed E-state index contributed by atoms with van der Waals surface area (Å²) in [6.07, 6.45) is 1.19. The summed E-state index contributed by atoms with van der Waals surface area (Å²) < 4.78 is 0. The van der Waals surface area contributed by atoms with Crippen molar-refractivity contribution in [3.05, 3.63) is 18.2 Å². The van der Waals surface area contributed by atoms with E-state index in [1.54, 1.807) is 18.2 Å². The Morgan fingerprint density at radius 2 is 1.95 bits per heavy atom. The van der Waals surface area contributed by atoms with Crippen LogP contribution in [0.3, 0.4) is 0 Å². The third-order valence-electron chi connectivity index (χ3n) is 3.51. The number of aliphatic carboxylic acids is 1. The summed E-state index contributed by atoms with van der Waals surface area (Å²) in [5.74, 6) is -2.15. The molecule has 98 valence electrons. The van der Waals surface area contributed by atoms with Crippen molar-refractivity contribution in [1.29, 1.82) is 0 Å². The van der Waals surface area contributed by atoms with Crippen LogP contribution in [-0.2, 0) is 9.59 Å². The molecule has 3 N–H and O–H groups in total. The van der Waals surface area contributed by atoms with Crippen molar-refractivity contribution in [3.8, 4) is 0 Å². The van der Waals surface area contributed by atoms with Gasteiger partial charge in [-0.1, -0.05) is 0 Å². The fourth-order valence-corrected chi connectivity index (χ4v) is 2.26. The number of nitrogens with zero attached hydrogens (tertiary/aromatic N) is 2. The van der Waals surface area contributed by atoms with Crippen LogP contribution in [0.1, 0.15) is 12.8 Å². The van der Waals surface area contributed by atoms with Crippen molar-refractivity contribution in [2.45, 2.75) is 12.8 Å². The van der Waals surface area contributed by atoms with Gasteiger partial charge in [-0.15, -0.1) is 0 Å². The summed E-state index contributed by atoms with van der Waals surface area (Å²) >= 11 is 0. The highest BCUT2D eigenvalue weighted by Gasteiger charge is 2.41. The standard InChI is InChI=1S/C12H12N4O3/c17-11(7-2-3-8(7)12(18)19)13-6-1-4-9-10(5-6)15-16-14-9/h1,4-5,7-8H,2-3H2,(H,13,17)(H,18,19)(H,14,15,16). The number of carboxylic acids is 1. The van der Waals surface area contributed by atoms with E-state index in [-0.39, 0.29) is 5.91 Å². The SMILES string of the molecule is O=C(O)C1CCC1C(=O)Nc1ccc2n[nH]nc2c1. The summed E-state index contributed by atoms with van der Waals surface area (Å²) in [5, 5.41) is 22.0. The molecule has 0 saturated heterocycles. The van der Waals surface area contributed by atoms with Gasteiger partial charge in [0.1, 0.15) is 11.0 Å². The second-order valence-corrected chi connectivity index (χ2v) is 4.64. The molecule has 3 rings (SSSR count). The maximum Gasteiger partial charge on any atom is 0.307 e. The van der Waals surface area contributed by atoms with Crippen LogP contribution in [0.25, 0.3) is 11.0 Å². The quantitative estimate of drug-likeness (QED) is 0.763. The first-order valence-electron chi connectivity index (χ1n) is 5.99. The molecule has 2 unspecified atom stereocenters. The highest BCUT2D eigenvalue weighted by atomic mass is 16.4. The Balaban J connectivity index is 1.73. The van der Waals surface area contributed by atoms with E-state index in [0.29, 0.717) is 29.6 Å². The van der Waals surface area contributed by atoms with E-state index >= 15 is 0 Å². The van der Waals surface area contributed by atoms with Gasteiger partial charge in [-0.05, 0) is 31.0 Å². The average molecular weight is 260 g/mol. The minimum absolute atomic E-state index is 0.249. The van der Waals surface area contributed by atoms with Crippen molar-refractivity contribution in [2.75, 3.05) is 5.32 Å². The first-order valence-corrected chi connectivity index (χ1v) is 5.99. The lowest BCUT2D eigenvalue weighted by Crippen LogP contribution is -2.41. The van der Waals surface area contributed by atoms with E-state index in [9.17, 15) is 9.59 Å². The molecule has 1 aliphatic carbocycles. The van der Waals surface area contributed by atoms with Gasteiger partial charge in [0, 0.05) is 5.69 Å². The number of anilines is 1. The number of H-pyrrole nitrogens is 1. The lowest BCUT2D eigenvalue weighted by molar-refractivity contribution is -0.151. The van der Waals surface area contributed by atoms with Crippen LogP contribution in [0.15, 0.2) is 18.2 Å². The summed E-state index contributed by atoms with van der Waals surface area (Å²) in [5.41, 5.74) is 1.97. The maximum atomic E-state index is 12.0. The normalized spacial score (nSPS) is 21.9. The number of rotatable bonds is 3. The van der Waals surface area contributed by atoms with Gasteiger partial charge in [-0.3, -0.25) is 9.59 Å². The van der Waals surface area contributed by atoms with Crippen LogP contribution in [0.5, 0.6) is 0 Å². The van der Waals surface area contributed by atoms with Crippen LogP contribution >= 0.6 is 0 Å². The van der Waals surface area contributed by atoms with Crippen molar-refractivity contribution in [2.24, 2.45) is 11.8 Å². The Bertz CT molecular complexity index is 651. The molecule has 19 heavy (non-hydrogen) atoms. The van der Waals surface area contributed by atoms with Gasteiger partial charge in [0.15, 0.2) is 0 Å². The maximum absolute atomic E-state index is 12.0. The van der Waals surface area contributed by atoms with Crippen molar-refractivity contribution < 1.29 is 14.7 Å². The topological polar surface area (TPSA) is 108 Å². The number of hydrogen-bond acceptors (Lipinski definition) is 4. The fraction of sp³-hybridized carbons (Fsp3) is 0.333. The Labute approximate surface area is 108 Å². The molecule has 1 amide bonds. The molecule has 1 heterocycles. The Hall–Kier alpha value is -2.44. The second-order valence-electron chi connectivity index (χ2n) is 4.64. The number of benzene rings is 1. The third kappa shape index (κ3) is 2.03. The van der Waals surface area contributed by atoms with Gasteiger partial charge < -0.3 is 10.4 Å². The molecule has 1 aliphatic rings. The average Bonchev–Trinajstić information content (AvgIpc) is 2.73. The number of aromatic amines is 1. The fourth-order valence-electron chi connectivity index (χ4n) is 2.26. The molecule has 7 nitrogen and oxygen atoms in total. The number of amides is 1. The minimum atomic E-state index is -0.904. The molecule has 1 aromatic heterocycles. The summed E-state index contributed by atoms with van der Waals surface area (Å²) in [6, 6.07) is 5.16. The monoisotopic (exact) mass is 260 g/mol. The van der Waals surface area contributed by atoms with E-state index in [1.165, 1.54) is 0 Å². The smallest absolute Gasteiger partial charge is 0.307 e. The predicted octanol–water partition coefficient (Wildman–Crippen LogP) is 1.01. The van der Waals surface area contributed by atoms with Gasteiger partial charge in [0.05, 0.1) is 11.8 Å². The van der Waals surface area contributed by atoms with Crippen LogP contribution in [-0.4, -0.2) is 32.4 Å². The zero-order valence-corrected chi connectivity index (χ0v) is 9.96. The number of carboxylic acid groups (broad SMARTS) is 1. The molecule has 7 heteroatoms. The van der Waals surface area contributed by atoms with Gasteiger partial charge in [-0.2, -0.15) is 15.4 Å². The molecule has 0 radical (unpaired) electrons. The number of nitrogens with one attached hydrogen (secondary N) is 2. The number of hydrogen-bond donors (Lipinski definition) is 3. The summed E-state index contributed by atoms with van der Waals surface area (Å²) in [4.78, 5) is 22.9. The molecular formula is C12H12N4O3. The van der Waals surface area contributed by atoms with Crippen LogP contribution < -0.4 is 5.32 Å². The van der Waals surface area contributed by atoms with Gasteiger partial charge in [0.25, 0.3) is 0 Å². The molecule has 1 fully saturated rings. The van der Waals surface area contributed by atoms with E-state index in [4.69, 9.17) is 5.11 Å². The molecule has 0 bridgehead atoms. The Morgan fingerprint density at radius 1 is 1.21 bits per heavy atom. The number of carbonyl (C=O) groups is 2. The van der Waals surface area contributed by atoms with E-state index in [2.05, 4.69) is 20.7 Å². The first kappa shape index (κ1) is 11.6. The highest BCUT2D eigenvalue weighted by Crippen LogP contribution is 2.35. The first-order chi connectivity index (χ1) is 9.15. The second kappa shape index (κ2) is 4.34. The molecular weight excluding hydrogens is 248 g/mol. The largest absolute Gasteiger partial charge is 0.481 e. The minimum Gasteiger partial charge on any atom is -0.481 e. The number of carbonyl (C=O) groups excluding carboxylic acids is 1. The molecule has 1 saturated carbocycles. The zero-order chi connectivity index (χ0) is 13.4. The van der Waals surface area contributed by atoms with E-state index in [0.717, 1.165) is 0 Å². The zero-order valence-electron chi connectivity index (χ0n) is 9.96. The van der Waals surface area contributed by atoms with Crippen LogP contribution in [0.4, 0.5) is 5.69 Å². The van der Waals surface area contributed by atoms with E-state index in [1.807, 2.05) is 0 Å². The Kier molecular flexibility index (Phi) is 2.66. The van der Waals surface area contributed by atoms with Gasteiger partial charge in [-0.25, -0.2) is 0 Å².